The summed E-state index contributed by atoms with van der Waals surface area (Å²) in [5.74, 6) is -1.47. The first-order valence-electron chi connectivity index (χ1n) is 7.20. The third-order valence-electron chi connectivity index (χ3n) is 3.13. The molecule has 0 saturated carbocycles. The van der Waals surface area contributed by atoms with E-state index >= 15 is 0 Å². The summed E-state index contributed by atoms with van der Waals surface area (Å²) in [6.07, 6.45) is 1.18. The number of halogens is 1. The number of aromatic hydroxyl groups is 1. The van der Waals surface area contributed by atoms with E-state index in [1.807, 2.05) is 0 Å². The number of phenols is 1. The van der Waals surface area contributed by atoms with Gasteiger partial charge in [0.25, 0.3) is 11.8 Å². The SMILES string of the molecule is O=C(CNC(=O)c1ccccc1Br)N/N=C\c1ccc(O)c([N+](=O)[O-])c1. The summed E-state index contributed by atoms with van der Waals surface area (Å²) in [6.45, 7) is -0.298. The Morgan fingerprint density at radius 3 is 2.69 bits per heavy atom. The van der Waals surface area contributed by atoms with Crippen molar-refractivity contribution in [1.29, 1.82) is 0 Å². The lowest BCUT2D eigenvalue weighted by Crippen LogP contribution is -2.35. The maximum absolute atomic E-state index is 12.0. The van der Waals surface area contributed by atoms with Crippen LogP contribution in [0.4, 0.5) is 5.69 Å². The fourth-order valence-electron chi connectivity index (χ4n) is 1.89. The molecule has 0 spiro atoms. The van der Waals surface area contributed by atoms with Crippen LogP contribution in [0.1, 0.15) is 15.9 Å². The van der Waals surface area contributed by atoms with E-state index in [0.717, 1.165) is 12.1 Å². The van der Waals surface area contributed by atoms with Gasteiger partial charge in [-0.05, 0) is 40.2 Å². The van der Waals surface area contributed by atoms with Crippen LogP contribution in [0.3, 0.4) is 0 Å². The Balaban J connectivity index is 1.88. The summed E-state index contributed by atoms with van der Waals surface area (Å²) in [5.41, 5.74) is 2.42. The maximum atomic E-state index is 12.0. The van der Waals surface area contributed by atoms with Gasteiger partial charge in [0.1, 0.15) is 0 Å². The molecule has 10 heteroatoms. The van der Waals surface area contributed by atoms with Crippen LogP contribution in [-0.4, -0.2) is 34.6 Å². The summed E-state index contributed by atoms with van der Waals surface area (Å²) in [6, 6.07) is 10.4. The molecule has 0 atom stereocenters. The monoisotopic (exact) mass is 420 g/mol. The number of benzene rings is 2. The van der Waals surface area contributed by atoms with Gasteiger partial charge in [-0.1, -0.05) is 12.1 Å². The number of carbonyl (C=O) groups is 2. The first-order valence-corrected chi connectivity index (χ1v) is 8.00. The van der Waals surface area contributed by atoms with Crippen LogP contribution in [0.2, 0.25) is 0 Å². The number of nitro groups is 1. The van der Waals surface area contributed by atoms with Gasteiger partial charge in [-0.3, -0.25) is 19.7 Å². The van der Waals surface area contributed by atoms with E-state index in [9.17, 15) is 24.8 Å². The van der Waals surface area contributed by atoms with Crippen molar-refractivity contribution in [3.05, 3.63) is 68.2 Å². The maximum Gasteiger partial charge on any atom is 0.311 e. The van der Waals surface area contributed by atoms with Crippen LogP contribution in [-0.2, 0) is 4.79 Å². The molecule has 0 bridgehead atoms. The number of phenolic OH excluding ortho intramolecular Hbond substituents is 1. The Bertz CT molecular complexity index is 885. The smallest absolute Gasteiger partial charge is 0.311 e. The number of nitrogens with zero attached hydrogens (tertiary/aromatic N) is 2. The van der Waals surface area contributed by atoms with Gasteiger partial charge in [0, 0.05) is 16.1 Å². The molecule has 0 aromatic heterocycles. The van der Waals surface area contributed by atoms with E-state index in [1.54, 1.807) is 24.3 Å². The molecule has 2 rings (SSSR count). The van der Waals surface area contributed by atoms with Gasteiger partial charge < -0.3 is 10.4 Å². The number of hydrogen-bond donors (Lipinski definition) is 3. The quantitative estimate of drug-likeness (QED) is 0.372. The highest BCUT2D eigenvalue weighted by molar-refractivity contribution is 9.10. The van der Waals surface area contributed by atoms with E-state index in [4.69, 9.17) is 0 Å². The Morgan fingerprint density at radius 2 is 2.00 bits per heavy atom. The number of hydrazone groups is 1. The Kier molecular flexibility index (Phi) is 6.39. The molecule has 2 aromatic carbocycles. The molecule has 0 aliphatic heterocycles. The highest BCUT2D eigenvalue weighted by atomic mass is 79.9. The number of hydrogen-bond acceptors (Lipinski definition) is 6. The van der Waals surface area contributed by atoms with E-state index in [1.165, 1.54) is 12.3 Å². The molecule has 134 valence electrons. The van der Waals surface area contributed by atoms with Crippen molar-refractivity contribution in [1.82, 2.24) is 10.7 Å². The van der Waals surface area contributed by atoms with Gasteiger partial charge in [0.15, 0.2) is 5.75 Å². The second-order valence-corrected chi connectivity index (χ2v) is 5.82. The minimum absolute atomic E-state index is 0.298. The molecule has 9 nitrogen and oxygen atoms in total. The summed E-state index contributed by atoms with van der Waals surface area (Å²) in [7, 11) is 0. The van der Waals surface area contributed by atoms with E-state index in [-0.39, 0.29) is 6.54 Å². The van der Waals surface area contributed by atoms with Crippen LogP contribution < -0.4 is 10.7 Å². The molecule has 0 unspecified atom stereocenters. The number of nitro benzene ring substituents is 1. The van der Waals surface area contributed by atoms with Crippen LogP contribution in [0, 0.1) is 10.1 Å². The zero-order valence-electron chi connectivity index (χ0n) is 13.2. The average Bonchev–Trinajstić information content (AvgIpc) is 2.61. The van der Waals surface area contributed by atoms with Crippen molar-refractivity contribution in [2.45, 2.75) is 0 Å². The molecule has 0 aliphatic carbocycles. The molecule has 2 amide bonds. The summed E-state index contributed by atoms with van der Waals surface area (Å²) in [4.78, 5) is 33.6. The van der Waals surface area contributed by atoms with Crippen molar-refractivity contribution in [2.24, 2.45) is 5.10 Å². The Labute approximate surface area is 156 Å². The summed E-state index contributed by atoms with van der Waals surface area (Å²) in [5, 5.41) is 26.2. The minimum atomic E-state index is -0.734. The van der Waals surface area contributed by atoms with Crippen molar-refractivity contribution in [3.8, 4) is 5.75 Å². The zero-order chi connectivity index (χ0) is 19.1. The normalized spacial score (nSPS) is 10.5. The second kappa shape index (κ2) is 8.72. The molecule has 0 saturated heterocycles. The van der Waals surface area contributed by atoms with Crippen molar-refractivity contribution in [3.63, 3.8) is 0 Å². The molecule has 0 fully saturated rings. The van der Waals surface area contributed by atoms with Crippen LogP contribution in [0.5, 0.6) is 5.75 Å². The van der Waals surface area contributed by atoms with Gasteiger partial charge in [0.05, 0.1) is 23.2 Å². The summed E-state index contributed by atoms with van der Waals surface area (Å²) >= 11 is 3.24. The molecular weight excluding hydrogens is 408 g/mol. The number of rotatable bonds is 6. The van der Waals surface area contributed by atoms with E-state index < -0.39 is 28.2 Å². The largest absolute Gasteiger partial charge is 0.502 e. The van der Waals surface area contributed by atoms with Crippen molar-refractivity contribution < 1.29 is 19.6 Å². The number of nitrogens with one attached hydrogen (secondary N) is 2. The van der Waals surface area contributed by atoms with Crippen molar-refractivity contribution in [2.75, 3.05) is 6.54 Å². The van der Waals surface area contributed by atoms with Crippen LogP contribution >= 0.6 is 15.9 Å². The van der Waals surface area contributed by atoms with Gasteiger partial charge >= 0.3 is 5.69 Å². The Hall–Kier alpha value is -3.27. The third-order valence-corrected chi connectivity index (χ3v) is 3.82. The van der Waals surface area contributed by atoms with Crippen LogP contribution in [0.25, 0.3) is 0 Å². The lowest BCUT2D eigenvalue weighted by molar-refractivity contribution is -0.385. The molecule has 26 heavy (non-hydrogen) atoms. The third kappa shape index (κ3) is 5.11. The highest BCUT2D eigenvalue weighted by Gasteiger charge is 2.13. The van der Waals surface area contributed by atoms with Crippen LogP contribution in [0.15, 0.2) is 52.0 Å². The van der Waals surface area contributed by atoms with Gasteiger partial charge in [-0.15, -0.1) is 0 Å². The van der Waals surface area contributed by atoms with Gasteiger partial charge in [-0.25, -0.2) is 5.43 Å². The topological polar surface area (TPSA) is 134 Å². The highest BCUT2D eigenvalue weighted by Crippen LogP contribution is 2.25. The number of carbonyl (C=O) groups excluding carboxylic acids is 2. The molecular formula is C16H13BrN4O5. The standard InChI is InChI=1S/C16H13BrN4O5/c17-12-4-2-1-3-11(12)16(24)18-9-15(23)20-19-8-10-5-6-14(22)13(7-10)21(25)26/h1-8,22H,9H2,(H,18,24)(H,20,23)/b19-8-. The number of amides is 2. The lowest BCUT2D eigenvalue weighted by Gasteiger charge is -2.05. The molecule has 0 heterocycles. The Morgan fingerprint density at radius 1 is 1.27 bits per heavy atom. The molecule has 2 aromatic rings. The minimum Gasteiger partial charge on any atom is -0.502 e. The van der Waals surface area contributed by atoms with Gasteiger partial charge in [0.2, 0.25) is 0 Å². The zero-order valence-corrected chi connectivity index (χ0v) is 14.8. The van der Waals surface area contributed by atoms with Gasteiger partial charge in [-0.2, -0.15) is 5.10 Å². The molecule has 0 radical (unpaired) electrons. The van der Waals surface area contributed by atoms with E-state index in [0.29, 0.717) is 15.6 Å². The fourth-order valence-corrected chi connectivity index (χ4v) is 2.35. The lowest BCUT2D eigenvalue weighted by atomic mass is 10.2. The summed E-state index contributed by atoms with van der Waals surface area (Å²) < 4.78 is 0.602. The fraction of sp³-hybridized carbons (Fsp3) is 0.0625. The predicted octanol–water partition coefficient (Wildman–Crippen LogP) is 1.94. The molecule has 3 N–H and O–H groups in total. The van der Waals surface area contributed by atoms with Crippen molar-refractivity contribution >= 4 is 39.6 Å². The van der Waals surface area contributed by atoms with E-state index in [2.05, 4.69) is 31.8 Å². The first-order chi connectivity index (χ1) is 12.4. The first kappa shape index (κ1) is 19.1. The molecule has 0 aliphatic rings. The average molecular weight is 421 g/mol. The predicted molar refractivity (Wildman–Crippen MR) is 97.0 cm³/mol. The second-order valence-electron chi connectivity index (χ2n) is 4.96.